The number of halogens is 2. The molecule has 2 rings (SSSR count). The fourth-order valence-corrected chi connectivity index (χ4v) is 1.68. The molecule has 0 saturated carbocycles. The molecule has 0 radical (unpaired) electrons. The van der Waals surface area contributed by atoms with Gasteiger partial charge in [-0.15, -0.1) is 0 Å². The molecule has 0 fully saturated rings. The number of carbonyl (C=O) groups excluding carboxylic acids is 1. The van der Waals surface area contributed by atoms with Crippen molar-refractivity contribution in [3.05, 3.63) is 35.9 Å². The molecule has 17 heavy (non-hydrogen) atoms. The van der Waals surface area contributed by atoms with Crippen molar-refractivity contribution in [3.63, 3.8) is 0 Å². The van der Waals surface area contributed by atoms with Crippen molar-refractivity contribution >= 4 is 11.5 Å². The zero-order valence-electron chi connectivity index (χ0n) is 9.11. The van der Waals surface area contributed by atoms with Crippen molar-refractivity contribution in [1.29, 1.82) is 0 Å². The van der Waals surface area contributed by atoms with Gasteiger partial charge in [0.2, 0.25) is 0 Å². The summed E-state index contributed by atoms with van der Waals surface area (Å²) in [5.41, 5.74) is 0.753. The minimum absolute atomic E-state index is 0.222. The molecular formula is C12H11F2NO2. The minimum atomic E-state index is -2.66. The average Bonchev–Trinajstić information content (AvgIpc) is 2.36. The Balaban J connectivity index is 2.47. The van der Waals surface area contributed by atoms with Crippen LogP contribution in [0.2, 0.25) is 0 Å². The SMILES string of the molecule is CNC(=O)C1=CC(C(F)F)Oc2ccccc21. The lowest BCUT2D eigenvalue weighted by molar-refractivity contribution is -0.115. The Morgan fingerprint density at radius 3 is 2.76 bits per heavy atom. The van der Waals surface area contributed by atoms with Gasteiger partial charge in [0, 0.05) is 12.6 Å². The molecule has 5 heteroatoms. The van der Waals surface area contributed by atoms with Gasteiger partial charge in [-0.2, -0.15) is 0 Å². The quantitative estimate of drug-likeness (QED) is 0.855. The maximum atomic E-state index is 12.7. The molecule has 90 valence electrons. The lowest BCUT2D eigenvalue weighted by atomic mass is 9.99. The summed E-state index contributed by atoms with van der Waals surface area (Å²) in [6.07, 6.45) is -2.88. The number of nitrogens with one attached hydrogen (secondary N) is 1. The monoisotopic (exact) mass is 239 g/mol. The number of hydrogen-bond donors (Lipinski definition) is 1. The highest BCUT2D eigenvalue weighted by Crippen LogP contribution is 2.33. The van der Waals surface area contributed by atoms with Crippen LogP contribution in [0.1, 0.15) is 5.56 Å². The van der Waals surface area contributed by atoms with Crippen molar-refractivity contribution in [2.45, 2.75) is 12.5 Å². The predicted molar refractivity (Wildman–Crippen MR) is 58.9 cm³/mol. The van der Waals surface area contributed by atoms with Gasteiger partial charge in [-0.25, -0.2) is 8.78 Å². The highest BCUT2D eigenvalue weighted by atomic mass is 19.3. The van der Waals surface area contributed by atoms with Gasteiger partial charge in [0.05, 0.1) is 5.57 Å². The van der Waals surface area contributed by atoms with Gasteiger partial charge in [-0.1, -0.05) is 18.2 Å². The van der Waals surface area contributed by atoms with E-state index in [1.165, 1.54) is 7.05 Å². The molecule has 0 spiro atoms. The van der Waals surface area contributed by atoms with E-state index >= 15 is 0 Å². The van der Waals surface area contributed by atoms with Crippen molar-refractivity contribution in [3.8, 4) is 5.75 Å². The zero-order valence-corrected chi connectivity index (χ0v) is 9.11. The first-order chi connectivity index (χ1) is 8.13. The van der Waals surface area contributed by atoms with Crippen LogP contribution in [0, 0.1) is 0 Å². The number of carbonyl (C=O) groups is 1. The highest BCUT2D eigenvalue weighted by molar-refractivity contribution is 6.20. The smallest absolute Gasteiger partial charge is 0.278 e. The molecule has 1 aliphatic rings. The molecule has 1 atom stereocenters. The van der Waals surface area contributed by atoms with Gasteiger partial charge in [0.25, 0.3) is 12.3 Å². The lowest BCUT2D eigenvalue weighted by Crippen LogP contribution is -2.30. The molecule has 0 aliphatic carbocycles. The normalized spacial score (nSPS) is 18.1. The summed E-state index contributed by atoms with van der Waals surface area (Å²) in [7, 11) is 1.46. The largest absolute Gasteiger partial charge is 0.480 e. The van der Waals surface area contributed by atoms with Gasteiger partial charge >= 0.3 is 0 Å². The number of ether oxygens (including phenoxy) is 1. The average molecular weight is 239 g/mol. The van der Waals surface area contributed by atoms with Crippen LogP contribution in [0.5, 0.6) is 5.75 Å². The first-order valence-electron chi connectivity index (χ1n) is 5.11. The summed E-state index contributed by atoms with van der Waals surface area (Å²) in [5, 5.41) is 2.43. The third kappa shape index (κ3) is 2.13. The van der Waals surface area contributed by atoms with E-state index in [1.807, 2.05) is 0 Å². The Labute approximate surface area is 97.1 Å². The second kappa shape index (κ2) is 4.53. The van der Waals surface area contributed by atoms with Crippen LogP contribution in [0.25, 0.3) is 5.57 Å². The number of likely N-dealkylation sites (N-methyl/N-ethyl adjacent to an activating group) is 1. The van der Waals surface area contributed by atoms with Gasteiger partial charge < -0.3 is 10.1 Å². The number of fused-ring (bicyclic) bond motifs is 1. The van der Waals surface area contributed by atoms with Crippen molar-refractivity contribution in [2.75, 3.05) is 7.05 Å². The highest BCUT2D eigenvalue weighted by Gasteiger charge is 2.29. The molecule has 1 N–H and O–H groups in total. The second-order valence-electron chi connectivity index (χ2n) is 3.57. The standard InChI is InChI=1S/C12H11F2NO2/c1-15-12(16)8-6-10(11(13)14)17-9-5-3-2-4-7(8)9/h2-6,10-11H,1H3,(H,15,16). The zero-order chi connectivity index (χ0) is 12.4. The van der Waals surface area contributed by atoms with Gasteiger partial charge in [-0.05, 0) is 12.1 Å². The lowest BCUT2D eigenvalue weighted by Gasteiger charge is -2.24. The van der Waals surface area contributed by atoms with E-state index in [0.29, 0.717) is 11.3 Å². The van der Waals surface area contributed by atoms with Crippen LogP contribution in [0.15, 0.2) is 30.3 Å². The molecule has 1 amide bonds. The number of para-hydroxylation sites is 1. The molecule has 1 unspecified atom stereocenters. The third-order valence-electron chi connectivity index (χ3n) is 2.49. The fraction of sp³-hybridized carbons (Fsp3) is 0.250. The maximum Gasteiger partial charge on any atom is 0.278 e. The topological polar surface area (TPSA) is 38.3 Å². The summed E-state index contributed by atoms with van der Waals surface area (Å²) < 4.78 is 30.4. The fourth-order valence-electron chi connectivity index (χ4n) is 1.68. The van der Waals surface area contributed by atoms with Crippen LogP contribution in [0.3, 0.4) is 0 Å². The van der Waals surface area contributed by atoms with Crippen molar-refractivity contribution < 1.29 is 18.3 Å². The van der Waals surface area contributed by atoms with Crippen LogP contribution < -0.4 is 10.1 Å². The first-order valence-corrected chi connectivity index (χ1v) is 5.11. The number of benzene rings is 1. The molecule has 1 aromatic carbocycles. The van der Waals surface area contributed by atoms with Crippen LogP contribution in [0.4, 0.5) is 8.78 Å². The molecule has 1 heterocycles. The molecule has 0 aromatic heterocycles. The van der Waals surface area contributed by atoms with E-state index < -0.39 is 18.4 Å². The minimum Gasteiger partial charge on any atom is -0.480 e. The predicted octanol–water partition coefficient (Wildman–Crippen LogP) is 1.84. The number of alkyl halides is 2. The molecule has 1 aromatic rings. The Hall–Kier alpha value is -1.91. The first kappa shape index (κ1) is 11.6. The summed E-state index contributed by atoms with van der Waals surface area (Å²) in [4.78, 5) is 11.6. The number of rotatable bonds is 2. The van der Waals surface area contributed by atoms with E-state index in [9.17, 15) is 13.6 Å². The molecular weight excluding hydrogens is 228 g/mol. The molecule has 3 nitrogen and oxygen atoms in total. The number of hydrogen-bond acceptors (Lipinski definition) is 2. The van der Waals surface area contributed by atoms with Crippen LogP contribution in [-0.4, -0.2) is 25.5 Å². The van der Waals surface area contributed by atoms with Crippen molar-refractivity contribution in [2.24, 2.45) is 0 Å². The van der Waals surface area contributed by atoms with E-state index in [-0.39, 0.29) is 5.57 Å². The Morgan fingerprint density at radius 1 is 1.41 bits per heavy atom. The van der Waals surface area contributed by atoms with Gasteiger partial charge in [0.15, 0.2) is 6.10 Å². The van der Waals surface area contributed by atoms with E-state index in [0.717, 1.165) is 6.08 Å². The second-order valence-corrected chi connectivity index (χ2v) is 3.57. The Kier molecular flexibility index (Phi) is 3.08. The van der Waals surface area contributed by atoms with Crippen LogP contribution in [-0.2, 0) is 4.79 Å². The summed E-state index contributed by atoms with van der Waals surface area (Å²) in [5.74, 6) is -0.0923. The van der Waals surface area contributed by atoms with Crippen molar-refractivity contribution in [1.82, 2.24) is 5.32 Å². The molecule has 0 saturated heterocycles. The van der Waals surface area contributed by atoms with E-state index in [1.54, 1.807) is 24.3 Å². The van der Waals surface area contributed by atoms with Crippen LogP contribution >= 0.6 is 0 Å². The molecule has 1 aliphatic heterocycles. The molecule has 0 bridgehead atoms. The van der Waals surface area contributed by atoms with Gasteiger partial charge in [0.1, 0.15) is 5.75 Å². The summed E-state index contributed by atoms with van der Waals surface area (Å²) in [6.45, 7) is 0. The summed E-state index contributed by atoms with van der Waals surface area (Å²) >= 11 is 0. The van der Waals surface area contributed by atoms with E-state index in [4.69, 9.17) is 4.74 Å². The maximum absolute atomic E-state index is 12.7. The van der Waals surface area contributed by atoms with Gasteiger partial charge in [-0.3, -0.25) is 4.79 Å². The summed E-state index contributed by atoms with van der Waals surface area (Å²) in [6, 6.07) is 6.63. The number of amides is 1. The Morgan fingerprint density at radius 2 is 2.12 bits per heavy atom. The third-order valence-corrected chi connectivity index (χ3v) is 2.49. The Bertz CT molecular complexity index is 471. The van der Waals surface area contributed by atoms with E-state index in [2.05, 4.69) is 5.32 Å².